The first kappa shape index (κ1) is 11.3. The first-order valence-corrected chi connectivity index (χ1v) is 6.43. The molecule has 2 heterocycles. The maximum atomic E-state index is 4.54. The smallest absolute Gasteiger partial charge is 0.203 e. The minimum Gasteiger partial charge on any atom is -0.352 e. The monoisotopic (exact) mass is 242 g/mol. The van der Waals surface area contributed by atoms with E-state index in [4.69, 9.17) is 0 Å². The topological polar surface area (TPSA) is 42.7 Å². The van der Waals surface area contributed by atoms with Crippen molar-refractivity contribution in [3.8, 4) is 0 Å². The zero-order valence-electron chi connectivity index (χ0n) is 10.8. The summed E-state index contributed by atoms with van der Waals surface area (Å²) in [6.07, 6.45) is 6.60. The molecule has 94 valence electrons. The van der Waals surface area contributed by atoms with Crippen LogP contribution in [0.3, 0.4) is 0 Å². The Kier molecular flexibility index (Phi) is 2.78. The number of nitrogens with zero attached hydrogens (tertiary/aromatic N) is 3. The highest BCUT2D eigenvalue weighted by Crippen LogP contribution is 2.37. The lowest BCUT2D eigenvalue weighted by atomic mass is 10.2. The molecule has 1 saturated carbocycles. The summed E-state index contributed by atoms with van der Waals surface area (Å²) in [6, 6.07) is 4.80. The highest BCUT2D eigenvalue weighted by atomic mass is 15.2. The molecule has 0 radical (unpaired) electrons. The van der Waals surface area contributed by atoms with Crippen molar-refractivity contribution < 1.29 is 0 Å². The van der Waals surface area contributed by atoms with Crippen molar-refractivity contribution in [2.75, 3.05) is 5.32 Å². The van der Waals surface area contributed by atoms with E-state index in [1.54, 1.807) is 0 Å². The number of anilines is 1. The van der Waals surface area contributed by atoms with Gasteiger partial charge in [-0.3, -0.25) is 4.98 Å². The van der Waals surface area contributed by atoms with Crippen LogP contribution in [0.4, 0.5) is 5.95 Å². The Bertz CT molecular complexity index is 537. The van der Waals surface area contributed by atoms with Gasteiger partial charge < -0.3 is 9.88 Å². The normalized spacial score (nSPS) is 14.8. The lowest BCUT2D eigenvalue weighted by Crippen LogP contribution is -2.06. The van der Waals surface area contributed by atoms with E-state index >= 15 is 0 Å². The second-order valence-corrected chi connectivity index (χ2v) is 5.01. The minimum absolute atomic E-state index is 0.657. The summed E-state index contributed by atoms with van der Waals surface area (Å²) in [5.41, 5.74) is 3.31. The van der Waals surface area contributed by atoms with Crippen molar-refractivity contribution in [3.63, 3.8) is 0 Å². The maximum absolute atomic E-state index is 4.54. The van der Waals surface area contributed by atoms with Crippen LogP contribution in [0.15, 0.2) is 24.5 Å². The summed E-state index contributed by atoms with van der Waals surface area (Å²) >= 11 is 0. The van der Waals surface area contributed by atoms with Gasteiger partial charge >= 0.3 is 0 Å². The number of imidazole rings is 1. The molecule has 3 rings (SSSR count). The molecule has 0 saturated heterocycles. The summed E-state index contributed by atoms with van der Waals surface area (Å²) in [7, 11) is 0. The molecule has 0 aliphatic heterocycles. The predicted molar refractivity (Wildman–Crippen MR) is 71.5 cm³/mol. The number of hydrogen-bond acceptors (Lipinski definition) is 3. The average molecular weight is 242 g/mol. The quantitative estimate of drug-likeness (QED) is 0.896. The van der Waals surface area contributed by atoms with Crippen LogP contribution in [0.1, 0.15) is 35.8 Å². The fourth-order valence-corrected chi connectivity index (χ4v) is 2.06. The molecule has 2 aromatic heterocycles. The predicted octanol–water partition coefficient (Wildman–Crippen LogP) is 2.84. The molecule has 1 N–H and O–H groups in total. The lowest BCUT2D eigenvalue weighted by Gasteiger charge is -2.08. The second kappa shape index (κ2) is 4.44. The van der Waals surface area contributed by atoms with Crippen molar-refractivity contribution in [3.05, 3.63) is 41.5 Å². The fourth-order valence-electron chi connectivity index (χ4n) is 2.06. The van der Waals surface area contributed by atoms with E-state index in [1.165, 1.54) is 18.4 Å². The largest absolute Gasteiger partial charge is 0.352 e. The van der Waals surface area contributed by atoms with Crippen LogP contribution in [-0.4, -0.2) is 14.5 Å². The Balaban J connectivity index is 1.71. The Labute approximate surface area is 107 Å². The van der Waals surface area contributed by atoms with Gasteiger partial charge in [0.15, 0.2) is 0 Å². The van der Waals surface area contributed by atoms with E-state index in [1.807, 2.05) is 26.1 Å². The number of aromatic nitrogens is 3. The number of pyridine rings is 1. The molecular weight excluding hydrogens is 224 g/mol. The van der Waals surface area contributed by atoms with Gasteiger partial charge in [-0.25, -0.2) is 4.98 Å². The molecular formula is C14H18N4. The van der Waals surface area contributed by atoms with E-state index in [0.29, 0.717) is 6.04 Å². The average Bonchev–Trinajstić information content (AvgIpc) is 3.13. The summed E-state index contributed by atoms with van der Waals surface area (Å²) in [5.74, 6) is 0.982. The molecule has 2 aromatic rings. The molecule has 0 atom stereocenters. The van der Waals surface area contributed by atoms with Crippen LogP contribution in [0.25, 0.3) is 0 Å². The van der Waals surface area contributed by atoms with E-state index in [9.17, 15) is 0 Å². The molecule has 0 spiro atoms. The van der Waals surface area contributed by atoms with Gasteiger partial charge in [0.05, 0.1) is 5.69 Å². The molecule has 0 aromatic carbocycles. The zero-order valence-corrected chi connectivity index (χ0v) is 10.8. The summed E-state index contributed by atoms with van der Waals surface area (Å²) in [4.78, 5) is 8.84. The second-order valence-electron chi connectivity index (χ2n) is 5.01. The van der Waals surface area contributed by atoms with Crippen LogP contribution in [-0.2, 0) is 6.54 Å². The number of hydrogen-bond donors (Lipinski definition) is 1. The van der Waals surface area contributed by atoms with Crippen LogP contribution in [0, 0.1) is 13.8 Å². The van der Waals surface area contributed by atoms with Crippen molar-refractivity contribution >= 4 is 5.95 Å². The highest BCUT2D eigenvalue weighted by molar-refractivity contribution is 5.32. The van der Waals surface area contributed by atoms with E-state index in [0.717, 1.165) is 23.9 Å². The summed E-state index contributed by atoms with van der Waals surface area (Å²) in [6.45, 7) is 4.81. The van der Waals surface area contributed by atoms with Crippen molar-refractivity contribution in [1.82, 2.24) is 14.5 Å². The van der Waals surface area contributed by atoms with E-state index < -0.39 is 0 Å². The van der Waals surface area contributed by atoms with Gasteiger partial charge in [0, 0.05) is 30.7 Å². The van der Waals surface area contributed by atoms with Gasteiger partial charge in [-0.05, 0) is 38.3 Å². The summed E-state index contributed by atoms with van der Waals surface area (Å²) < 4.78 is 2.26. The van der Waals surface area contributed by atoms with Gasteiger partial charge in [-0.1, -0.05) is 6.07 Å². The van der Waals surface area contributed by atoms with Crippen LogP contribution < -0.4 is 5.32 Å². The van der Waals surface area contributed by atoms with Crippen LogP contribution in [0.5, 0.6) is 0 Å². The lowest BCUT2D eigenvalue weighted by molar-refractivity contribution is 0.742. The Morgan fingerprint density at radius 3 is 2.78 bits per heavy atom. The highest BCUT2D eigenvalue weighted by Gasteiger charge is 2.26. The fraction of sp³-hybridized carbons (Fsp3) is 0.429. The van der Waals surface area contributed by atoms with Gasteiger partial charge in [0.1, 0.15) is 0 Å². The molecule has 4 nitrogen and oxygen atoms in total. The first-order chi connectivity index (χ1) is 8.72. The third-order valence-corrected chi connectivity index (χ3v) is 3.22. The van der Waals surface area contributed by atoms with Crippen molar-refractivity contribution in [2.45, 2.75) is 39.3 Å². The molecule has 0 bridgehead atoms. The van der Waals surface area contributed by atoms with Gasteiger partial charge in [0.25, 0.3) is 0 Å². The number of nitrogens with one attached hydrogen (secondary N) is 1. The molecule has 4 heteroatoms. The third kappa shape index (κ3) is 2.37. The number of rotatable bonds is 4. The third-order valence-electron chi connectivity index (χ3n) is 3.22. The Hall–Kier alpha value is -1.84. The van der Waals surface area contributed by atoms with Gasteiger partial charge in [-0.2, -0.15) is 0 Å². The minimum atomic E-state index is 0.657. The molecule has 18 heavy (non-hydrogen) atoms. The standard InChI is InChI=1S/C14H18N4/c1-10-3-4-12(7-15-10)8-16-14-17-11(2)9-18(14)13-5-6-13/h3-4,7,9,13H,5-6,8H2,1-2H3,(H,16,17). The number of aryl methyl sites for hydroxylation is 2. The molecule has 1 aliphatic carbocycles. The van der Waals surface area contributed by atoms with Crippen molar-refractivity contribution in [2.24, 2.45) is 0 Å². The van der Waals surface area contributed by atoms with Crippen molar-refractivity contribution in [1.29, 1.82) is 0 Å². The van der Waals surface area contributed by atoms with Crippen LogP contribution >= 0.6 is 0 Å². The molecule has 0 amide bonds. The SMILES string of the molecule is Cc1ccc(CNc2nc(C)cn2C2CC2)cn1. The first-order valence-electron chi connectivity index (χ1n) is 6.43. The van der Waals surface area contributed by atoms with Gasteiger partial charge in [0.2, 0.25) is 5.95 Å². The molecule has 1 fully saturated rings. The van der Waals surface area contributed by atoms with Crippen LogP contribution in [0.2, 0.25) is 0 Å². The molecule has 1 aliphatic rings. The maximum Gasteiger partial charge on any atom is 0.203 e. The Morgan fingerprint density at radius 1 is 1.28 bits per heavy atom. The van der Waals surface area contributed by atoms with Gasteiger partial charge in [-0.15, -0.1) is 0 Å². The zero-order chi connectivity index (χ0) is 12.5. The van der Waals surface area contributed by atoms with E-state index in [2.05, 4.69) is 32.1 Å². The molecule has 0 unspecified atom stereocenters. The Morgan fingerprint density at radius 2 is 2.11 bits per heavy atom. The summed E-state index contributed by atoms with van der Waals surface area (Å²) in [5, 5.41) is 3.40. The van der Waals surface area contributed by atoms with E-state index in [-0.39, 0.29) is 0 Å².